The van der Waals surface area contributed by atoms with Gasteiger partial charge in [-0.2, -0.15) is 0 Å². The van der Waals surface area contributed by atoms with Gasteiger partial charge in [0.2, 0.25) is 0 Å². The minimum atomic E-state index is -0.253. The lowest BCUT2D eigenvalue weighted by molar-refractivity contribution is -0.141. The zero-order valence-corrected chi connectivity index (χ0v) is 6.76. The molecule has 0 atom stereocenters. The molecule has 0 aromatic rings. The molecular formula is C8H14O2. The van der Waals surface area contributed by atoms with Gasteiger partial charge in [0, 0.05) is 6.08 Å². The SMILES string of the molecule is CCC=CC(=O)OC(C)C. The van der Waals surface area contributed by atoms with E-state index in [0.717, 1.165) is 6.42 Å². The fourth-order valence-electron chi connectivity index (χ4n) is 0.486. The lowest BCUT2D eigenvalue weighted by Crippen LogP contribution is -2.08. The van der Waals surface area contributed by atoms with Crippen LogP contribution in [0.15, 0.2) is 12.2 Å². The van der Waals surface area contributed by atoms with Gasteiger partial charge in [0.25, 0.3) is 0 Å². The van der Waals surface area contributed by atoms with Crippen LogP contribution < -0.4 is 0 Å². The van der Waals surface area contributed by atoms with Crippen molar-refractivity contribution < 1.29 is 9.53 Å². The molecule has 58 valence electrons. The fourth-order valence-corrected chi connectivity index (χ4v) is 0.486. The van der Waals surface area contributed by atoms with Gasteiger partial charge in [0.15, 0.2) is 0 Å². The first kappa shape index (κ1) is 9.21. The summed E-state index contributed by atoms with van der Waals surface area (Å²) in [5.41, 5.74) is 0. The molecule has 0 saturated carbocycles. The molecule has 0 heterocycles. The number of esters is 1. The standard InChI is InChI=1S/C8H14O2/c1-4-5-6-8(9)10-7(2)3/h5-7H,4H2,1-3H3. The monoisotopic (exact) mass is 142 g/mol. The highest BCUT2D eigenvalue weighted by Gasteiger charge is 1.97. The van der Waals surface area contributed by atoms with E-state index >= 15 is 0 Å². The summed E-state index contributed by atoms with van der Waals surface area (Å²) >= 11 is 0. The maximum Gasteiger partial charge on any atom is 0.330 e. The highest BCUT2D eigenvalue weighted by molar-refractivity contribution is 5.81. The lowest BCUT2D eigenvalue weighted by Gasteiger charge is -2.03. The number of hydrogen-bond donors (Lipinski definition) is 0. The molecule has 0 spiro atoms. The summed E-state index contributed by atoms with van der Waals surface area (Å²) in [6.45, 7) is 5.63. The van der Waals surface area contributed by atoms with E-state index in [1.54, 1.807) is 6.08 Å². The number of hydrogen-bond acceptors (Lipinski definition) is 2. The molecule has 0 aliphatic rings. The van der Waals surface area contributed by atoms with Gasteiger partial charge in [0.05, 0.1) is 6.10 Å². The van der Waals surface area contributed by atoms with Gasteiger partial charge in [-0.1, -0.05) is 13.0 Å². The van der Waals surface area contributed by atoms with Crippen molar-refractivity contribution >= 4 is 5.97 Å². The molecular weight excluding hydrogens is 128 g/mol. The van der Waals surface area contributed by atoms with Gasteiger partial charge in [-0.05, 0) is 20.3 Å². The van der Waals surface area contributed by atoms with Crippen LogP contribution in [0.5, 0.6) is 0 Å². The van der Waals surface area contributed by atoms with E-state index in [2.05, 4.69) is 0 Å². The van der Waals surface area contributed by atoms with Crippen molar-refractivity contribution in [1.82, 2.24) is 0 Å². The van der Waals surface area contributed by atoms with Crippen molar-refractivity contribution in [2.75, 3.05) is 0 Å². The number of ether oxygens (including phenoxy) is 1. The van der Waals surface area contributed by atoms with Crippen LogP contribution in [0.25, 0.3) is 0 Å². The Kier molecular flexibility index (Phi) is 4.63. The molecule has 0 fully saturated rings. The van der Waals surface area contributed by atoms with Crippen LogP contribution in [-0.4, -0.2) is 12.1 Å². The molecule has 0 bridgehead atoms. The summed E-state index contributed by atoms with van der Waals surface area (Å²) in [6.07, 6.45) is 4.09. The molecule has 0 aromatic carbocycles. The van der Waals surface area contributed by atoms with Gasteiger partial charge in [-0.15, -0.1) is 0 Å². The lowest BCUT2D eigenvalue weighted by atomic mass is 10.4. The Bertz CT molecular complexity index is 125. The largest absolute Gasteiger partial charge is 0.460 e. The molecule has 2 nitrogen and oxygen atoms in total. The van der Waals surface area contributed by atoms with E-state index in [0.29, 0.717) is 0 Å². The minimum Gasteiger partial charge on any atom is -0.460 e. The first-order valence-electron chi connectivity index (χ1n) is 3.54. The number of carbonyl (C=O) groups is 1. The Morgan fingerprint density at radius 3 is 2.60 bits per heavy atom. The second-order valence-corrected chi connectivity index (χ2v) is 2.30. The first-order chi connectivity index (χ1) is 4.66. The van der Waals surface area contributed by atoms with Crippen LogP contribution >= 0.6 is 0 Å². The highest BCUT2D eigenvalue weighted by Crippen LogP contribution is 1.90. The number of rotatable bonds is 3. The summed E-state index contributed by atoms with van der Waals surface area (Å²) in [7, 11) is 0. The number of allylic oxidation sites excluding steroid dienone is 1. The molecule has 0 aromatic heterocycles. The third kappa shape index (κ3) is 5.35. The van der Waals surface area contributed by atoms with Crippen LogP contribution in [-0.2, 0) is 9.53 Å². The number of carbonyl (C=O) groups excluding carboxylic acids is 1. The predicted octanol–water partition coefficient (Wildman–Crippen LogP) is 1.90. The van der Waals surface area contributed by atoms with Crippen LogP contribution in [0.4, 0.5) is 0 Å². The molecule has 10 heavy (non-hydrogen) atoms. The third-order valence-corrected chi connectivity index (χ3v) is 0.841. The maximum absolute atomic E-state index is 10.7. The van der Waals surface area contributed by atoms with E-state index in [1.165, 1.54) is 6.08 Å². The summed E-state index contributed by atoms with van der Waals surface area (Å²) in [4.78, 5) is 10.7. The van der Waals surface area contributed by atoms with Gasteiger partial charge in [-0.3, -0.25) is 0 Å². The van der Waals surface area contributed by atoms with Gasteiger partial charge in [0.1, 0.15) is 0 Å². The molecule has 0 N–H and O–H groups in total. The molecule has 0 unspecified atom stereocenters. The average molecular weight is 142 g/mol. The van der Waals surface area contributed by atoms with Crippen LogP contribution in [0.2, 0.25) is 0 Å². The minimum absolute atomic E-state index is 0.0194. The smallest absolute Gasteiger partial charge is 0.330 e. The Balaban J connectivity index is 3.54. The Hall–Kier alpha value is -0.790. The first-order valence-corrected chi connectivity index (χ1v) is 3.54. The molecule has 0 rings (SSSR count). The summed E-state index contributed by atoms with van der Waals surface area (Å²) in [6, 6.07) is 0. The quantitative estimate of drug-likeness (QED) is 0.444. The van der Waals surface area contributed by atoms with Crippen molar-refractivity contribution in [3.63, 3.8) is 0 Å². The molecule has 0 amide bonds. The van der Waals surface area contributed by atoms with Gasteiger partial charge < -0.3 is 4.74 Å². The van der Waals surface area contributed by atoms with E-state index in [1.807, 2.05) is 20.8 Å². The van der Waals surface area contributed by atoms with E-state index in [-0.39, 0.29) is 12.1 Å². The summed E-state index contributed by atoms with van der Waals surface area (Å²) in [5.74, 6) is -0.253. The fraction of sp³-hybridized carbons (Fsp3) is 0.625. The predicted molar refractivity (Wildman–Crippen MR) is 40.7 cm³/mol. The van der Waals surface area contributed by atoms with E-state index < -0.39 is 0 Å². The average Bonchev–Trinajstić information content (AvgIpc) is 1.82. The van der Waals surface area contributed by atoms with Crippen molar-refractivity contribution in [2.24, 2.45) is 0 Å². The Morgan fingerprint density at radius 1 is 1.60 bits per heavy atom. The maximum atomic E-state index is 10.7. The second-order valence-electron chi connectivity index (χ2n) is 2.30. The molecule has 0 saturated heterocycles. The Labute approximate surface area is 61.9 Å². The highest BCUT2D eigenvalue weighted by atomic mass is 16.5. The Morgan fingerprint density at radius 2 is 2.20 bits per heavy atom. The van der Waals surface area contributed by atoms with Crippen molar-refractivity contribution in [3.05, 3.63) is 12.2 Å². The zero-order valence-electron chi connectivity index (χ0n) is 6.76. The normalized spacial score (nSPS) is 10.8. The van der Waals surface area contributed by atoms with Gasteiger partial charge in [-0.25, -0.2) is 4.79 Å². The van der Waals surface area contributed by atoms with Crippen LogP contribution in [0.1, 0.15) is 27.2 Å². The van der Waals surface area contributed by atoms with Crippen LogP contribution in [0, 0.1) is 0 Å². The van der Waals surface area contributed by atoms with Crippen LogP contribution in [0.3, 0.4) is 0 Å². The van der Waals surface area contributed by atoms with E-state index in [9.17, 15) is 4.79 Å². The summed E-state index contributed by atoms with van der Waals surface area (Å²) in [5, 5.41) is 0. The summed E-state index contributed by atoms with van der Waals surface area (Å²) < 4.78 is 4.83. The van der Waals surface area contributed by atoms with Crippen molar-refractivity contribution in [3.8, 4) is 0 Å². The topological polar surface area (TPSA) is 26.3 Å². The molecule has 2 heteroatoms. The van der Waals surface area contributed by atoms with Crippen molar-refractivity contribution in [2.45, 2.75) is 33.3 Å². The van der Waals surface area contributed by atoms with E-state index in [4.69, 9.17) is 4.74 Å². The third-order valence-electron chi connectivity index (χ3n) is 0.841. The molecule has 0 radical (unpaired) electrons. The molecule has 0 aliphatic heterocycles. The second kappa shape index (κ2) is 5.03. The zero-order chi connectivity index (χ0) is 7.98. The molecule has 0 aliphatic carbocycles. The van der Waals surface area contributed by atoms with Gasteiger partial charge >= 0.3 is 5.97 Å². The van der Waals surface area contributed by atoms with Crippen molar-refractivity contribution in [1.29, 1.82) is 0 Å².